The van der Waals surface area contributed by atoms with Crippen molar-refractivity contribution in [3.05, 3.63) is 53.1 Å². The van der Waals surface area contributed by atoms with Crippen LogP contribution in [0, 0.1) is 13.8 Å². The Morgan fingerprint density at radius 3 is 2.79 bits per heavy atom. The van der Waals surface area contributed by atoms with Crippen molar-refractivity contribution in [2.24, 2.45) is 0 Å². The summed E-state index contributed by atoms with van der Waals surface area (Å²) < 4.78 is 2.12. The highest BCUT2D eigenvalue weighted by Gasteiger charge is 2.14. The monoisotopic (exact) mass is 328 g/mol. The van der Waals surface area contributed by atoms with Crippen LogP contribution >= 0.6 is 0 Å². The first kappa shape index (κ1) is 18.0. The van der Waals surface area contributed by atoms with Gasteiger partial charge in [-0.25, -0.2) is 9.78 Å². The van der Waals surface area contributed by atoms with Crippen molar-refractivity contribution >= 4 is 6.03 Å². The Morgan fingerprint density at radius 2 is 2.08 bits per heavy atom. The van der Waals surface area contributed by atoms with Gasteiger partial charge < -0.3 is 14.8 Å². The van der Waals surface area contributed by atoms with Crippen molar-refractivity contribution in [2.45, 2.75) is 47.2 Å². The second-order valence-corrected chi connectivity index (χ2v) is 6.15. The molecule has 0 spiro atoms. The summed E-state index contributed by atoms with van der Waals surface area (Å²) in [6.45, 7) is 10.9. The van der Waals surface area contributed by atoms with E-state index < -0.39 is 0 Å². The van der Waals surface area contributed by atoms with Crippen LogP contribution in [0.25, 0.3) is 0 Å². The third-order valence-corrected chi connectivity index (χ3v) is 4.17. The molecule has 24 heavy (non-hydrogen) atoms. The van der Waals surface area contributed by atoms with Crippen LogP contribution in [0.5, 0.6) is 0 Å². The highest BCUT2D eigenvalue weighted by Crippen LogP contribution is 2.14. The second kappa shape index (κ2) is 8.52. The number of carbonyl (C=O) groups is 1. The maximum absolute atomic E-state index is 12.2. The van der Waals surface area contributed by atoms with Crippen LogP contribution in [-0.2, 0) is 13.1 Å². The summed E-state index contributed by atoms with van der Waals surface area (Å²) in [6, 6.07) is 6.47. The number of imidazole rings is 1. The molecule has 0 fully saturated rings. The first-order valence-electron chi connectivity index (χ1n) is 8.64. The van der Waals surface area contributed by atoms with Crippen LogP contribution < -0.4 is 5.32 Å². The lowest BCUT2D eigenvalue weighted by Crippen LogP contribution is -2.40. The van der Waals surface area contributed by atoms with E-state index in [4.69, 9.17) is 0 Å². The molecule has 2 rings (SSSR count). The molecule has 0 bridgehead atoms. The Balaban J connectivity index is 2.11. The van der Waals surface area contributed by atoms with E-state index in [1.54, 1.807) is 11.1 Å². The maximum Gasteiger partial charge on any atom is 0.317 e. The Hall–Kier alpha value is -2.30. The number of hydrogen-bond acceptors (Lipinski definition) is 2. The minimum Gasteiger partial charge on any atom is -0.338 e. The molecule has 0 aliphatic heterocycles. The Kier molecular flexibility index (Phi) is 6.41. The number of aryl methyl sites for hydroxylation is 2. The largest absolute Gasteiger partial charge is 0.338 e. The molecule has 5 heteroatoms. The van der Waals surface area contributed by atoms with Gasteiger partial charge in [0, 0.05) is 32.0 Å². The van der Waals surface area contributed by atoms with Crippen molar-refractivity contribution in [1.29, 1.82) is 0 Å². The van der Waals surface area contributed by atoms with Crippen molar-refractivity contribution in [2.75, 3.05) is 13.1 Å². The SMILES string of the molecule is CCCNC(=O)N(CC)Cc1nccn1Cc1cc(C)ccc1C. The number of aromatic nitrogens is 2. The molecule has 0 atom stereocenters. The van der Waals surface area contributed by atoms with Crippen molar-refractivity contribution in [1.82, 2.24) is 19.8 Å². The number of nitrogens with zero attached hydrogens (tertiary/aromatic N) is 3. The molecule has 130 valence electrons. The van der Waals surface area contributed by atoms with Crippen LogP contribution in [0.1, 0.15) is 42.8 Å². The van der Waals surface area contributed by atoms with E-state index in [9.17, 15) is 4.79 Å². The minimum absolute atomic E-state index is 0.0272. The van der Waals surface area contributed by atoms with E-state index in [0.29, 0.717) is 19.6 Å². The smallest absolute Gasteiger partial charge is 0.317 e. The van der Waals surface area contributed by atoms with Gasteiger partial charge >= 0.3 is 6.03 Å². The van der Waals surface area contributed by atoms with Gasteiger partial charge in [-0.1, -0.05) is 30.7 Å². The lowest BCUT2D eigenvalue weighted by molar-refractivity contribution is 0.196. The second-order valence-electron chi connectivity index (χ2n) is 6.15. The van der Waals surface area contributed by atoms with Crippen molar-refractivity contribution in [3.8, 4) is 0 Å². The Morgan fingerprint density at radius 1 is 1.29 bits per heavy atom. The third-order valence-electron chi connectivity index (χ3n) is 4.17. The number of nitrogens with one attached hydrogen (secondary N) is 1. The summed E-state index contributed by atoms with van der Waals surface area (Å²) in [4.78, 5) is 18.5. The molecule has 0 aliphatic rings. The number of carbonyl (C=O) groups excluding carboxylic acids is 1. The summed E-state index contributed by atoms with van der Waals surface area (Å²) in [5, 5.41) is 2.93. The number of urea groups is 1. The van der Waals surface area contributed by atoms with Gasteiger partial charge in [0.25, 0.3) is 0 Å². The predicted octanol–water partition coefficient (Wildman–Crippen LogP) is 3.49. The van der Waals surface area contributed by atoms with Crippen LogP contribution in [0.4, 0.5) is 4.79 Å². The molecule has 0 saturated carbocycles. The van der Waals surface area contributed by atoms with Gasteiger partial charge in [0.15, 0.2) is 0 Å². The van der Waals surface area contributed by atoms with E-state index in [2.05, 4.69) is 46.9 Å². The third kappa shape index (κ3) is 4.60. The zero-order valence-corrected chi connectivity index (χ0v) is 15.2. The molecule has 0 radical (unpaired) electrons. The van der Waals surface area contributed by atoms with E-state index >= 15 is 0 Å². The average molecular weight is 328 g/mol. The quantitative estimate of drug-likeness (QED) is 0.846. The van der Waals surface area contributed by atoms with Gasteiger partial charge in [0.05, 0.1) is 6.54 Å². The van der Waals surface area contributed by atoms with E-state index in [0.717, 1.165) is 18.8 Å². The lowest BCUT2D eigenvalue weighted by atomic mass is 10.1. The van der Waals surface area contributed by atoms with Crippen LogP contribution in [0.2, 0.25) is 0 Å². The molecule has 1 heterocycles. The summed E-state index contributed by atoms with van der Waals surface area (Å²) in [6.07, 6.45) is 4.72. The standard InChI is InChI=1S/C19H28N4O/c1-5-9-21-19(24)22(6-2)14-18-20-10-11-23(18)13-17-12-15(3)7-8-16(17)4/h7-8,10-12H,5-6,9,13-14H2,1-4H3,(H,21,24). The molecule has 1 N–H and O–H groups in total. The predicted molar refractivity (Wildman–Crippen MR) is 97.0 cm³/mol. The fourth-order valence-electron chi connectivity index (χ4n) is 2.63. The number of benzene rings is 1. The van der Waals surface area contributed by atoms with Gasteiger partial charge in [-0.2, -0.15) is 0 Å². The summed E-state index contributed by atoms with van der Waals surface area (Å²) >= 11 is 0. The molecule has 0 saturated heterocycles. The van der Waals surface area contributed by atoms with Crippen molar-refractivity contribution in [3.63, 3.8) is 0 Å². The molecule has 1 aromatic carbocycles. The van der Waals surface area contributed by atoms with E-state index in [1.807, 2.05) is 20.0 Å². The fourth-order valence-corrected chi connectivity index (χ4v) is 2.63. The van der Waals surface area contributed by atoms with Gasteiger partial charge in [-0.3, -0.25) is 0 Å². The summed E-state index contributed by atoms with van der Waals surface area (Å²) in [7, 11) is 0. The molecular formula is C19H28N4O. The molecule has 1 aromatic heterocycles. The van der Waals surface area contributed by atoms with E-state index in [-0.39, 0.29) is 6.03 Å². The Labute approximate surface area is 144 Å². The number of hydrogen-bond donors (Lipinski definition) is 1. The first-order valence-corrected chi connectivity index (χ1v) is 8.64. The molecule has 2 amide bonds. The zero-order chi connectivity index (χ0) is 17.5. The van der Waals surface area contributed by atoms with Gasteiger partial charge in [-0.05, 0) is 38.3 Å². The molecule has 0 aliphatic carbocycles. The van der Waals surface area contributed by atoms with Crippen LogP contribution in [0.15, 0.2) is 30.6 Å². The minimum atomic E-state index is -0.0272. The summed E-state index contributed by atoms with van der Waals surface area (Å²) in [5.41, 5.74) is 3.81. The van der Waals surface area contributed by atoms with Gasteiger partial charge in [-0.15, -0.1) is 0 Å². The molecule has 2 aromatic rings. The van der Waals surface area contributed by atoms with E-state index in [1.165, 1.54) is 16.7 Å². The normalized spacial score (nSPS) is 10.7. The van der Waals surface area contributed by atoms with Crippen LogP contribution in [0.3, 0.4) is 0 Å². The van der Waals surface area contributed by atoms with Gasteiger partial charge in [0.1, 0.15) is 5.82 Å². The number of amides is 2. The highest BCUT2D eigenvalue weighted by atomic mass is 16.2. The molecular weight excluding hydrogens is 300 g/mol. The fraction of sp³-hybridized carbons (Fsp3) is 0.474. The Bertz CT molecular complexity index is 678. The van der Waals surface area contributed by atoms with Gasteiger partial charge in [0.2, 0.25) is 0 Å². The maximum atomic E-state index is 12.2. The summed E-state index contributed by atoms with van der Waals surface area (Å²) in [5.74, 6) is 0.907. The highest BCUT2D eigenvalue weighted by molar-refractivity contribution is 5.73. The molecule has 5 nitrogen and oxygen atoms in total. The molecule has 0 unspecified atom stereocenters. The lowest BCUT2D eigenvalue weighted by Gasteiger charge is -2.21. The zero-order valence-electron chi connectivity index (χ0n) is 15.2. The number of rotatable bonds is 7. The van der Waals surface area contributed by atoms with Crippen LogP contribution in [-0.4, -0.2) is 33.6 Å². The van der Waals surface area contributed by atoms with Crippen molar-refractivity contribution < 1.29 is 4.79 Å². The topological polar surface area (TPSA) is 50.2 Å². The first-order chi connectivity index (χ1) is 11.5. The average Bonchev–Trinajstić information content (AvgIpc) is 3.00.